The molecule has 0 bridgehead atoms. The largest absolute Gasteiger partial charge is 0.497 e. The summed E-state index contributed by atoms with van der Waals surface area (Å²) in [5.41, 5.74) is -0.405. The van der Waals surface area contributed by atoms with E-state index in [0.29, 0.717) is 43.2 Å². The van der Waals surface area contributed by atoms with Gasteiger partial charge >= 0.3 is 0 Å². The summed E-state index contributed by atoms with van der Waals surface area (Å²) in [7, 11) is 4.65. The molecule has 1 fully saturated rings. The number of rotatable bonds is 7. The van der Waals surface area contributed by atoms with Gasteiger partial charge in [-0.25, -0.2) is 0 Å². The predicted molar refractivity (Wildman–Crippen MR) is 89.6 cm³/mol. The first-order valence-corrected chi connectivity index (χ1v) is 7.80. The molecule has 1 aromatic rings. The van der Waals surface area contributed by atoms with Gasteiger partial charge in [-0.1, -0.05) is 0 Å². The summed E-state index contributed by atoms with van der Waals surface area (Å²) < 4.78 is 15.5. The minimum absolute atomic E-state index is 0.108. The number of anilines is 1. The Morgan fingerprint density at radius 3 is 2.67 bits per heavy atom. The molecule has 1 aliphatic heterocycles. The summed E-state index contributed by atoms with van der Waals surface area (Å²) in [6.07, 6.45) is 0.753. The predicted octanol–water partition coefficient (Wildman–Crippen LogP) is 1.35. The number of ether oxygens (including phenoxy) is 3. The average Bonchev–Trinajstić information content (AvgIpc) is 2.90. The van der Waals surface area contributed by atoms with E-state index in [2.05, 4.69) is 5.32 Å². The number of hydrogen-bond acceptors (Lipinski definition) is 5. The number of methoxy groups -OCH3 is 3. The highest BCUT2D eigenvalue weighted by Crippen LogP contribution is 2.41. The van der Waals surface area contributed by atoms with Crippen LogP contribution in [0.1, 0.15) is 19.8 Å². The molecule has 0 radical (unpaired) electrons. The van der Waals surface area contributed by atoms with E-state index in [1.54, 1.807) is 39.3 Å². The average molecular weight is 336 g/mol. The quantitative estimate of drug-likeness (QED) is 0.761. The number of nitrogens with zero attached hydrogens (tertiary/aromatic N) is 1. The number of benzene rings is 1. The Morgan fingerprint density at radius 1 is 1.29 bits per heavy atom. The number of amides is 2. The van der Waals surface area contributed by atoms with E-state index < -0.39 is 5.54 Å². The molecule has 1 N–H and O–H groups in total. The van der Waals surface area contributed by atoms with Crippen LogP contribution in [0.2, 0.25) is 0 Å². The smallest absolute Gasteiger partial charge is 0.246 e. The van der Waals surface area contributed by atoms with Gasteiger partial charge < -0.3 is 19.5 Å². The van der Waals surface area contributed by atoms with Crippen LogP contribution in [0.25, 0.3) is 0 Å². The Kier molecular flexibility index (Phi) is 5.66. The van der Waals surface area contributed by atoms with Crippen LogP contribution in [-0.4, -0.2) is 51.8 Å². The number of carbonyl (C=O) groups is 2. The van der Waals surface area contributed by atoms with Crippen LogP contribution in [-0.2, 0) is 14.3 Å². The molecule has 7 nitrogen and oxygen atoms in total. The van der Waals surface area contributed by atoms with Crippen molar-refractivity contribution in [1.29, 1.82) is 0 Å². The molecule has 132 valence electrons. The number of carbonyl (C=O) groups excluding carboxylic acids is 2. The molecule has 24 heavy (non-hydrogen) atoms. The second-order valence-electron chi connectivity index (χ2n) is 5.79. The summed E-state index contributed by atoms with van der Waals surface area (Å²) in [5, 5.41) is 2.82. The van der Waals surface area contributed by atoms with Gasteiger partial charge in [0, 0.05) is 26.1 Å². The monoisotopic (exact) mass is 336 g/mol. The van der Waals surface area contributed by atoms with Gasteiger partial charge in [-0.15, -0.1) is 0 Å². The Morgan fingerprint density at radius 2 is 2.04 bits per heavy atom. The van der Waals surface area contributed by atoms with Crippen LogP contribution in [0.3, 0.4) is 0 Å². The van der Waals surface area contributed by atoms with E-state index in [-0.39, 0.29) is 11.8 Å². The summed E-state index contributed by atoms with van der Waals surface area (Å²) in [5.74, 6) is 0.792. The van der Waals surface area contributed by atoms with Gasteiger partial charge in [0.25, 0.3) is 0 Å². The molecule has 1 heterocycles. The minimum Gasteiger partial charge on any atom is -0.497 e. The van der Waals surface area contributed by atoms with Crippen molar-refractivity contribution in [2.24, 2.45) is 0 Å². The highest BCUT2D eigenvalue weighted by molar-refractivity contribution is 6.07. The maximum absolute atomic E-state index is 12.7. The lowest BCUT2D eigenvalue weighted by Gasteiger charge is -2.34. The molecule has 2 rings (SSSR count). The Bertz CT molecular complexity index is 619. The molecule has 1 aromatic carbocycles. The van der Waals surface area contributed by atoms with E-state index in [9.17, 15) is 9.59 Å². The molecule has 0 saturated carbocycles. The lowest BCUT2D eigenvalue weighted by atomic mass is 9.97. The highest BCUT2D eigenvalue weighted by Gasteiger charge is 2.48. The SMILES string of the molecule is COCCNC(=O)[C@]1(C)CCC(=O)N1c1ccc(OC)cc1OC. The second kappa shape index (κ2) is 7.53. The van der Waals surface area contributed by atoms with E-state index in [1.165, 1.54) is 12.0 Å². The van der Waals surface area contributed by atoms with E-state index in [4.69, 9.17) is 14.2 Å². The summed E-state index contributed by atoms with van der Waals surface area (Å²) in [6.45, 7) is 2.58. The summed E-state index contributed by atoms with van der Waals surface area (Å²) >= 11 is 0. The lowest BCUT2D eigenvalue weighted by molar-refractivity contribution is -0.127. The molecule has 1 saturated heterocycles. The zero-order valence-corrected chi connectivity index (χ0v) is 14.5. The zero-order valence-electron chi connectivity index (χ0n) is 14.5. The van der Waals surface area contributed by atoms with E-state index in [0.717, 1.165) is 0 Å². The van der Waals surface area contributed by atoms with Crippen molar-refractivity contribution < 1.29 is 23.8 Å². The van der Waals surface area contributed by atoms with Gasteiger partial charge in [-0.05, 0) is 25.5 Å². The maximum Gasteiger partial charge on any atom is 0.246 e. The van der Waals surface area contributed by atoms with Gasteiger partial charge in [-0.2, -0.15) is 0 Å². The van der Waals surface area contributed by atoms with Gasteiger partial charge in [0.05, 0.1) is 26.5 Å². The van der Waals surface area contributed by atoms with Gasteiger partial charge in [0.15, 0.2) is 0 Å². The van der Waals surface area contributed by atoms with Crippen LogP contribution in [0.15, 0.2) is 18.2 Å². The first-order valence-electron chi connectivity index (χ1n) is 7.80. The normalized spacial score (nSPS) is 20.2. The summed E-state index contributed by atoms with van der Waals surface area (Å²) in [6, 6.07) is 5.18. The van der Waals surface area contributed by atoms with E-state index in [1.807, 2.05) is 0 Å². The van der Waals surface area contributed by atoms with Gasteiger partial charge in [0.2, 0.25) is 11.8 Å². The lowest BCUT2D eigenvalue weighted by Crippen LogP contribution is -2.55. The molecule has 0 unspecified atom stereocenters. The van der Waals surface area contributed by atoms with Crippen molar-refractivity contribution in [3.05, 3.63) is 18.2 Å². The molecule has 1 aliphatic rings. The third-order valence-corrected chi connectivity index (χ3v) is 4.28. The Balaban J connectivity index is 2.35. The summed E-state index contributed by atoms with van der Waals surface area (Å²) in [4.78, 5) is 26.7. The van der Waals surface area contributed by atoms with Gasteiger partial charge in [-0.3, -0.25) is 14.5 Å². The third kappa shape index (κ3) is 3.31. The molecular weight excluding hydrogens is 312 g/mol. The van der Waals surface area contributed by atoms with Crippen molar-refractivity contribution in [3.63, 3.8) is 0 Å². The van der Waals surface area contributed by atoms with Crippen molar-refractivity contribution in [2.45, 2.75) is 25.3 Å². The fourth-order valence-corrected chi connectivity index (χ4v) is 2.89. The third-order valence-electron chi connectivity index (χ3n) is 4.28. The number of hydrogen-bond donors (Lipinski definition) is 1. The number of nitrogens with one attached hydrogen (secondary N) is 1. The molecule has 1 atom stereocenters. The first kappa shape index (κ1) is 18.1. The Hall–Kier alpha value is -2.28. The molecule has 0 aromatic heterocycles. The molecule has 0 spiro atoms. The second-order valence-corrected chi connectivity index (χ2v) is 5.79. The zero-order chi connectivity index (χ0) is 17.7. The molecular formula is C17H24N2O5. The van der Waals surface area contributed by atoms with Crippen molar-refractivity contribution >= 4 is 17.5 Å². The fourth-order valence-electron chi connectivity index (χ4n) is 2.89. The van der Waals surface area contributed by atoms with Crippen molar-refractivity contribution in [3.8, 4) is 11.5 Å². The Labute approximate surface area is 141 Å². The topological polar surface area (TPSA) is 77.1 Å². The highest BCUT2D eigenvalue weighted by atomic mass is 16.5. The minimum atomic E-state index is -0.966. The van der Waals surface area contributed by atoms with Crippen molar-refractivity contribution in [2.75, 3.05) is 39.4 Å². The van der Waals surface area contributed by atoms with Crippen LogP contribution in [0.5, 0.6) is 11.5 Å². The van der Waals surface area contributed by atoms with E-state index >= 15 is 0 Å². The van der Waals surface area contributed by atoms with Crippen LogP contribution in [0.4, 0.5) is 5.69 Å². The molecule has 2 amide bonds. The molecule has 7 heteroatoms. The van der Waals surface area contributed by atoms with Gasteiger partial charge in [0.1, 0.15) is 17.0 Å². The first-order chi connectivity index (χ1) is 11.5. The van der Waals surface area contributed by atoms with Crippen LogP contribution in [0, 0.1) is 0 Å². The standard InChI is InChI=1S/C17H24N2O5/c1-17(16(21)18-9-10-22-2)8-7-15(20)19(17)13-6-5-12(23-3)11-14(13)24-4/h5-6,11H,7-10H2,1-4H3,(H,18,21)/t17-/m0/s1. The van der Waals surface area contributed by atoms with Crippen LogP contribution >= 0.6 is 0 Å². The maximum atomic E-state index is 12.7. The molecule has 0 aliphatic carbocycles. The van der Waals surface area contributed by atoms with Crippen molar-refractivity contribution in [1.82, 2.24) is 5.32 Å². The van der Waals surface area contributed by atoms with Crippen LogP contribution < -0.4 is 19.7 Å². The fraction of sp³-hybridized carbons (Fsp3) is 0.529.